The Morgan fingerprint density at radius 3 is 2.75 bits per heavy atom. The summed E-state index contributed by atoms with van der Waals surface area (Å²) in [7, 11) is 0. The number of furan rings is 2. The van der Waals surface area contributed by atoms with Gasteiger partial charge < -0.3 is 14.2 Å². The number of carbonyl (C=O) groups is 1. The van der Waals surface area contributed by atoms with Gasteiger partial charge in [-0.1, -0.05) is 6.07 Å². The minimum atomic E-state index is -0.340. The molecule has 0 spiro atoms. The number of aryl methyl sites for hydroxylation is 2. The van der Waals surface area contributed by atoms with Gasteiger partial charge in [0.2, 0.25) is 0 Å². The van der Waals surface area contributed by atoms with Crippen LogP contribution in [0.15, 0.2) is 57.7 Å². The predicted molar refractivity (Wildman–Crippen MR) is 89.0 cm³/mol. The zero-order valence-electron chi connectivity index (χ0n) is 13.2. The molecule has 1 N–H and O–H groups in total. The number of imidazole rings is 1. The number of nitrogens with zero attached hydrogens (tertiary/aromatic N) is 2. The summed E-state index contributed by atoms with van der Waals surface area (Å²) in [6.07, 6.45) is 3.38. The second-order valence-corrected chi connectivity index (χ2v) is 5.59. The van der Waals surface area contributed by atoms with Crippen LogP contribution < -0.4 is 5.32 Å². The predicted octanol–water partition coefficient (Wildman–Crippen LogP) is 4.06. The molecule has 4 aromatic rings. The van der Waals surface area contributed by atoms with Gasteiger partial charge in [-0.3, -0.25) is 9.20 Å². The number of hydrogen-bond donors (Lipinski definition) is 1. The highest BCUT2D eigenvalue weighted by Gasteiger charge is 2.20. The minimum Gasteiger partial charge on any atom is -0.460 e. The Kier molecular flexibility index (Phi) is 3.23. The summed E-state index contributed by atoms with van der Waals surface area (Å²) in [5.41, 5.74) is 2.35. The van der Waals surface area contributed by atoms with Crippen LogP contribution in [0.2, 0.25) is 0 Å². The van der Waals surface area contributed by atoms with Crippen LogP contribution in [0.5, 0.6) is 0 Å². The summed E-state index contributed by atoms with van der Waals surface area (Å²) in [6.45, 7) is 3.85. The van der Waals surface area contributed by atoms with Gasteiger partial charge in [0, 0.05) is 6.20 Å². The molecule has 120 valence electrons. The highest BCUT2D eigenvalue weighted by molar-refractivity contribution is 6.03. The molecule has 6 nitrogen and oxygen atoms in total. The third kappa shape index (κ3) is 2.38. The molecule has 4 rings (SSSR count). The number of fused-ring (bicyclic) bond motifs is 1. The van der Waals surface area contributed by atoms with Crippen molar-refractivity contribution in [2.45, 2.75) is 13.8 Å². The van der Waals surface area contributed by atoms with E-state index in [4.69, 9.17) is 8.83 Å². The van der Waals surface area contributed by atoms with Crippen molar-refractivity contribution >= 4 is 17.4 Å². The number of rotatable bonds is 3. The summed E-state index contributed by atoms with van der Waals surface area (Å²) in [4.78, 5) is 17.0. The average molecular weight is 321 g/mol. The van der Waals surface area contributed by atoms with E-state index in [1.807, 2.05) is 48.7 Å². The highest BCUT2D eigenvalue weighted by Crippen LogP contribution is 2.30. The lowest BCUT2D eigenvalue weighted by atomic mass is 10.3. The van der Waals surface area contributed by atoms with Crippen molar-refractivity contribution in [3.05, 3.63) is 65.9 Å². The Labute approximate surface area is 137 Å². The van der Waals surface area contributed by atoms with Crippen molar-refractivity contribution < 1.29 is 13.6 Å². The normalized spacial score (nSPS) is 11.1. The number of carbonyl (C=O) groups excluding carboxylic acids is 1. The molecule has 0 bridgehead atoms. The van der Waals surface area contributed by atoms with E-state index in [0.29, 0.717) is 17.3 Å². The zero-order chi connectivity index (χ0) is 16.7. The van der Waals surface area contributed by atoms with E-state index in [2.05, 4.69) is 10.3 Å². The van der Waals surface area contributed by atoms with Crippen molar-refractivity contribution in [3.63, 3.8) is 0 Å². The molecule has 0 aliphatic heterocycles. The molecular formula is C18H15N3O3. The Morgan fingerprint density at radius 1 is 1.17 bits per heavy atom. The van der Waals surface area contributed by atoms with Crippen molar-refractivity contribution in [1.82, 2.24) is 9.38 Å². The molecule has 0 radical (unpaired) electrons. The molecule has 0 aliphatic rings. The van der Waals surface area contributed by atoms with Gasteiger partial charge in [0.15, 0.2) is 11.5 Å². The summed E-state index contributed by atoms with van der Waals surface area (Å²) in [5.74, 6) is 1.82. The van der Waals surface area contributed by atoms with Gasteiger partial charge in [0.05, 0.1) is 6.26 Å². The van der Waals surface area contributed by atoms with E-state index >= 15 is 0 Å². The first-order valence-electron chi connectivity index (χ1n) is 7.52. The van der Waals surface area contributed by atoms with Gasteiger partial charge in [-0.15, -0.1) is 0 Å². The van der Waals surface area contributed by atoms with Crippen LogP contribution in [0.4, 0.5) is 5.82 Å². The zero-order valence-corrected chi connectivity index (χ0v) is 13.2. The largest absolute Gasteiger partial charge is 0.460 e. The van der Waals surface area contributed by atoms with Crippen molar-refractivity contribution in [2.75, 3.05) is 5.32 Å². The van der Waals surface area contributed by atoms with Crippen LogP contribution in [-0.4, -0.2) is 15.3 Å². The first-order chi connectivity index (χ1) is 11.6. The fourth-order valence-corrected chi connectivity index (χ4v) is 2.58. The fourth-order valence-electron chi connectivity index (χ4n) is 2.58. The lowest BCUT2D eigenvalue weighted by molar-refractivity contribution is 0.0996. The van der Waals surface area contributed by atoms with Crippen LogP contribution in [0.25, 0.3) is 17.1 Å². The van der Waals surface area contributed by atoms with Gasteiger partial charge in [-0.2, -0.15) is 0 Å². The van der Waals surface area contributed by atoms with Gasteiger partial charge >= 0.3 is 0 Å². The van der Waals surface area contributed by atoms with Crippen LogP contribution in [-0.2, 0) is 0 Å². The molecule has 0 saturated heterocycles. The molecule has 6 heteroatoms. The molecule has 0 fully saturated rings. The molecular weight excluding hydrogens is 306 g/mol. The number of pyridine rings is 1. The molecule has 24 heavy (non-hydrogen) atoms. The minimum absolute atomic E-state index is 0.235. The van der Waals surface area contributed by atoms with Gasteiger partial charge in [-0.05, 0) is 49.7 Å². The van der Waals surface area contributed by atoms with E-state index in [1.54, 1.807) is 12.1 Å². The maximum Gasteiger partial charge on any atom is 0.292 e. The lowest BCUT2D eigenvalue weighted by Crippen LogP contribution is -2.13. The Bertz CT molecular complexity index is 1030. The molecule has 0 aliphatic carbocycles. The highest BCUT2D eigenvalue weighted by atomic mass is 16.3. The molecule has 0 saturated carbocycles. The first-order valence-corrected chi connectivity index (χ1v) is 7.52. The van der Waals surface area contributed by atoms with E-state index in [0.717, 1.165) is 17.0 Å². The smallest absolute Gasteiger partial charge is 0.292 e. The molecule has 0 aromatic carbocycles. The quantitative estimate of drug-likeness (QED) is 0.617. The number of anilines is 1. The Morgan fingerprint density at radius 2 is 2.04 bits per heavy atom. The molecule has 1 amide bonds. The maximum atomic E-state index is 12.4. The number of aromatic nitrogens is 2. The van der Waals surface area contributed by atoms with Crippen LogP contribution in [0.1, 0.15) is 21.9 Å². The maximum absolute atomic E-state index is 12.4. The van der Waals surface area contributed by atoms with E-state index < -0.39 is 0 Å². The molecule has 0 atom stereocenters. The van der Waals surface area contributed by atoms with Crippen LogP contribution >= 0.6 is 0 Å². The lowest BCUT2D eigenvalue weighted by Gasteiger charge is -2.06. The van der Waals surface area contributed by atoms with E-state index in [1.165, 1.54) is 6.26 Å². The second kappa shape index (κ2) is 5.42. The topological polar surface area (TPSA) is 72.7 Å². The Hall–Kier alpha value is -3.28. The summed E-state index contributed by atoms with van der Waals surface area (Å²) in [6, 6.07) is 10.9. The van der Waals surface area contributed by atoms with Crippen LogP contribution in [0.3, 0.4) is 0 Å². The van der Waals surface area contributed by atoms with Gasteiger partial charge in [0.25, 0.3) is 5.91 Å². The average Bonchev–Trinajstić information content (AvgIpc) is 3.28. The van der Waals surface area contributed by atoms with Gasteiger partial charge in [0.1, 0.15) is 22.9 Å². The third-order valence-electron chi connectivity index (χ3n) is 3.72. The summed E-state index contributed by atoms with van der Waals surface area (Å²) >= 11 is 0. The molecule has 4 aromatic heterocycles. The van der Waals surface area contributed by atoms with Crippen molar-refractivity contribution in [1.29, 1.82) is 0 Å². The van der Waals surface area contributed by atoms with Crippen LogP contribution in [0, 0.1) is 13.8 Å². The SMILES string of the molecule is Cc1ccc2nc(-c3ccc(C)o3)c(NC(=O)c3ccco3)n2c1. The molecule has 0 unspecified atom stereocenters. The van der Waals surface area contributed by atoms with Gasteiger partial charge in [-0.25, -0.2) is 4.98 Å². The fraction of sp³-hybridized carbons (Fsp3) is 0.111. The summed E-state index contributed by atoms with van der Waals surface area (Å²) < 4.78 is 12.7. The second-order valence-electron chi connectivity index (χ2n) is 5.59. The molecule has 4 heterocycles. The monoisotopic (exact) mass is 321 g/mol. The van der Waals surface area contributed by atoms with Crippen molar-refractivity contribution in [2.24, 2.45) is 0 Å². The number of nitrogens with one attached hydrogen (secondary N) is 1. The first kappa shape index (κ1) is 14.3. The van der Waals surface area contributed by atoms with E-state index in [-0.39, 0.29) is 11.7 Å². The van der Waals surface area contributed by atoms with Crippen molar-refractivity contribution in [3.8, 4) is 11.5 Å². The van der Waals surface area contributed by atoms with E-state index in [9.17, 15) is 4.79 Å². The third-order valence-corrected chi connectivity index (χ3v) is 3.72. The summed E-state index contributed by atoms with van der Waals surface area (Å²) in [5, 5.41) is 2.88. The standard InChI is InChI=1S/C18H15N3O3/c1-11-5-8-15-19-16(13-7-6-12(2)24-13)17(21(15)10-11)20-18(22)14-4-3-9-23-14/h3-10H,1-2H3,(H,20,22). The Balaban J connectivity index is 1.87. The number of hydrogen-bond acceptors (Lipinski definition) is 4. The number of amides is 1.